The third kappa shape index (κ3) is 1.91. The molecule has 0 saturated heterocycles. The number of halogens is 2. The van der Waals surface area contributed by atoms with Crippen LogP contribution in [0.2, 0.25) is 5.02 Å². The fourth-order valence-corrected chi connectivity index (χ4v) is 0.982. The number of benzene rings is 1. The fraction of sp³-hybridized carbons (Fsp3) is 0.125. The Morgan fingerprint density at radius 2 is 2.33 bits per heavy atom. The van der Waals surface area contributed by atoms with E-state index >= 15 is 0 Å². The highest BCUT2D eigenvalue weighted by Gasteiger charge is 2.04. The third-order valence-electron chi connectivity index (χ3n) is 1.35. The van der Waals surface area contributed by atoms with Gasteiger partial charge >= 0.3 is 0 Å². The zero-order valence-electron chi connectivity index (χ0n) is 6.05. The van der Waals surface area contributed by atoms with Crippen LogP contribution in [-0.4, -0.2) is 6.08 Å². The zero-order chi connectivity index (χ0) is 8.97. The first-order valence-corrected chi connectivity index (χ1v) is 3.60. The second-order valence-electron chi connectivity index (χ2n) is 2.12. The van der Waals surface area contributed by atoms with Gasteiger partial charge < -0.3 is 0 Å². The van der Waals surface area contributed by atoms with E-state index < -0.39 is 5.82 Å². The Balaban J connectivity index is 2.99. The van der Waals surface area contributed by atoms with Crippen LogP contribution in [0, 0.1) is 5.82 Å². The van der Waals surface area contributed by atoms with Crippen LogP contribution in [0.3, 0.4) is 0 Å². The normalized spacial score (nSPS) is 9.17. The maximum atomic E-state index is 13.0. The lowest BCUT2D eigenvalue weighted by atomic mass is 10.2. The molecule has 0 aliphatic rings. The molecule has 0 atom stereocenters. The third-order valence-corrected chi connectivity index (χ3v) is 1.64. The van der Waals surface area contributed by atoms with Crippen molar-refractivity contribution in [3.63, 3.8) is 0 Å². The Hall–Kier alpha value is -1.18. The largest absolute Gasteiger partial charge is 0.235 e. The SMILES string of the molecule is O=C=NCc1cccc(Cl)c1F. The first-order chi connectivity index (χ1) is 5.75. The van der Waals surface area contributed by atoms with Gasteiger partial charge in [-0.05, 0) is 6.07 Å². The van der Waals surface area contributed by atoms with E-state index in [-0.39, 0.29) is 11.6 Å². The molecule has 62 valence electrons. The molecule has 0 radical (unpaired) electrons. The molecule has 12 heavy (non-hydrogen) atoms. The van der Waals surface area contributed by atoms with Crippen LogP contribution >= 0.6 is 11.6 Å². The van der Waals surface area contributed by atoms with Crippen molar-refractivity contribution in [2.45, 2.75) is 6.54 Å². The lowest BCUT2D eigenvalue weighted by molar-refractivity contribution is 0.561. The molecule has 0 saturated carbocycles. The summed E-state index contributed by atoms with van der Waals surface area (Å²) in [5.41, 5.74) is 0.297. The van der Waals surface area contributed by atoms with Gasteiger partial charge in [0.15, 0.2) is 0 Å². The van der Waals surface area contributed by atoms with Crippen LogP contribution in [0.4, 0.5) is 4.39 Å². The minimum Gasteiger partial charge on any atom is -0.211 e. The molecule has 1 rings (SSSR count). The molecule has 0 aliphatic carbocycles. The van der Waals surface area contributed by atoms with Gasteiger partial charge in [-0.2, -0.15) is 0 Å². The number of aliphatic imine (C=N–C) groups is 1. The first kappa shape index (κ1) is 8.91. The predicted molar refractivity (Wildman–Crippen MR) is 43.2 cm³/mol. The first-order valence-electron chi connectivity index (χ1n) is 3.22. The van der Waals surface area contributed by atoms with Gasteiger partial charge in [0.2, 0.25) is 6.08 Å². The minimum atomic E-state index is -0.529. The van der Waals surface area contributed by atoms with Gasteiger partial charge in [0.1, 0.15) is 5.82 Å². The molecule has 0 N–H and O–H groups in total. The van der Waals surface area contributed by atoms with Crippen molar-refractivity contribution in [2.24, 2.45) is 4.99 Å². The monoisotopic (exact) mass is 185 g/mol. The molecule has 0 aromatic heterocycles. The topological polar surface area (TPSA) is 29.4 Å². The second-order valence-corrected chi connectivity index (χ2v) is 2.53. The number of nitrogens with zero attached hydrogens (tertiary/aromatic N) is 1. The lowest BCUT2D eigenvalue weighted by Gasteiger charge is -1.98. The Morgan fingerprint density at radius 3 is 3.00 bits per heavy atom. The van der Waals surface area contributed by atoms with Crippen LogP contribution in [0.25, 0.3) is 0 Å². The van der Waals surface area contributed by atoms with Gasteiger partial charge in [0.05, 0.1) is 11.6 Å². The number of rotatable bonds is 2. The minimum absolute atomic E-state index is 0.0180. The Bertz CT molecular complexity index is 334. The summed E-state index contributed by atoms with van der Waals surface area (Å²) >= 11 is 5.48. The number of carbonyl (C=O) groups excluding carboxylic acids is 1. The average Bonchev–Trinajstić information content (AvgIpc) is 2.08. The van der Waals surface area contributed by atoms with E-state index in [1.807, 2.05) is 0 Å². The molecule has 0 spiro atoms. The summed E-state index contributed by atoms with van der Waals surface area (Å²) in [7, 11) is 0. The number of hydrogen-bond donors (Lipinski definition) is 0. The highest BCUT2D eigenvalue weighted by atomic mass is 35.5. The summed E-state index contributed by atoms with van der Waals surface area (Å²) in [6, 6.07) is 4.55. The summed E-state index contributed by atoms with van der Waals surface area (Å²) in [6.07, 6.45) is 1.33. The molecule has 0 heterocycles. The van der Waals surface area contributed by atoms with E-state index in [1.165, 1.54) is 18.2 Å². The molecular weight excluding hydrogens is 181 g/mol. The summed E-state index contributed by atoms with van der Waals surface area (Å²) in [5.74, 6) is -0.529. The zero-order valence-corrected chi connectivity index (χ0v) is 6.81. The van der Waals surface area contributed by atoms with E-state index in [2.05, 4.69) is 4.99 Å². The van der Waals surface area contributed by atoms with Crippen molar-refractivity contribution >= 4 is 17.7 Å². The van der Waals surface area contributed by atoms with E-state index in [0.29, 0.717) is 5.56 Å². The maximum absolute atomic E-state index is 13.0. The van der Waals surface area contributed by atoms with Gasteiger partial charge in [-0.25, -0.2) is 14.2 Å². The molecule has 1 aromatic rings. The molecular formula is C8H5ClFNO. The van der Waals surface area contributed by atoms with Gasteiger partial charge in [-0.3, -0.25) is 0 Å². The quantitative estimate of drug-likeness (QED) is 0.514. The van der Waals surface area contributed by atoms with E-state index in [0.717, 1.165) is 0 Å². The second kappa shape index (κ2) is 4.00. The molecule has 0 amide bonds. The van der Waals surface area contributed by atoms with Gasteiger partial charge in [0, 0.05) is 5.56 Å². The maximum Gasteiger partial charge on any atom is 0.235 e. The van der Waals surface area contributed by atoms with Crippen molar-refractivity contribution in [3.05, 3.63) is 34.6 Å². The number of isocyanates is 1. The molecule has 1 aromatic carbocycles. The molecule has 0 fully saturated rings. The molecule has 0 unspecified atom stereocenters. The predicted octanol–water partition coefficient (Wildman–Crippen LogP) is 2.31. The highest BCUT2D eigenvalue weighted by molar-refractivity contribution is 6.30. The Labute approximate surface area is 73.7 Å². The van der Waals surface area contributed by atoms with Crippen molar-refractivity contribution in [1.29, 1.82) is 0 Å². The van der Waals surface area contributed by atoms with E-state index in [4.69, 9.17) is 11.6 Å². The molecule has 2 nitrogen and oxygen atoms in total. The van der Waals surface area contributed by atoms with Crippen molar-refractivity contribution in [3.8, 4) is 0 Å². The molecule has 0 bridgehead atoms. The van der Waals surface area contributed by atoms with Crippen LogP contribution in [-0.2, 0) is 11.3 Å². The lowest BCUT2D eigenvalue weighted by Crippen LogP contribution is -1.88. The summed E-state index contributed by atoms with van der Waals surface area (Å²) < 4.78 is 13.0. The van der Waals surface area contributed by atoms with Crippen LogP contribution in [0.5, 0.6) is 0 Å². The van der Waals surface area contributed by atoms with Crippen molar-refractivity contribution in [2.75, 3.05) is 0 Å². The van der Waals surface area contributed by atoms with Crippen LogP contribution in [0.1, 0.15) is 5.56 Å². The summed E-state index contributed by atoms with van der Waals surface area (Å²) in [4.78, 5) is 13.0. The average molecular weight is 186 g/mol. The van der Waals surface area contributed by atoms with Crippen LogP contribution in [0.15, 0.2) is 23.2 Å². The Morgan fingerprint density at radius 1 is 1.58 bits per heavy atom. The molecule has 0 aliphatic heterocycles. The van der Waals surface area contributed by atoms with E-state index in [1.54, 1.807) is 6.07 Å². The smallest absolute Gasteiger partial charge is 0.211 e. The Kier molecular flexibility index (Phi) is 2.97. The van der Waals surface area contributed by atoms with E-state index in [9.17, 15) is 9.18 Å². The van der Waals surface area contributed by atoms with Crippen LogP contribution < -0.4 is 0 Å². The highest BCUT2D eigenvalue weighted by Crippen LogP contribution is 2.17. The molecule has 4 heteroatoms. The van der Waals surface area contributed by atoms with Gasteiger partial charge in [0.25, 0.3) is 0 Å². The fourth-order valence-electron chi connectivity index (χ4n) is 0.788. The number of hydrogen-bond acceptors (Lipinski definition) is 2. The van der Waals surface area contributed by atoms with Crippen molar-refractivity contribution in [1.82, 2.24) is 0 Å². The standard InChI is InChI=1S/C8H5ClFNO/c9-7-3-1-2-6(8(7)10)4-11-5-12/h1-3H,4H2. The summed E-state index contributed by atoms with van der Waals surface area (Å²) in [5, 5.41) is 0.0357. The summed E-state index contributed by atoms with van der Waals surface area (Å²) in [6.45, 7) is -0.0180. The van der Waals surface area contributed by atoms with Gasteiger partial charge in [-0.15, -0.1) is 0 Å². The van der Waals surface area contributed by atoms with Crippen molar-refractivity contribution < 1.29 is 9.18 Å². The van der Waals surface area contributed by atoms with Gasteiger partial charge in [-0.1, -0.05) is 23.7 Å².